The van der Waals surface area contributed by atoms with Crippen LogP contribution in [0.1, 0.15) is 36.7 Å². The Morgan fingerprint density at radius 3 is 1.97 bits per heavy atom. The van der Waals surface area contributed by atoms with Gasteiger partial charge in [-0.1, -0.05) is 13.8 Å². The second-order valence-electron chi connectivity index (χ2n) is 6.89. The molecule has 0 aliphatic carbocycles. The van der Waals surface area contributed by atoms with Gasteiger partial charge in [0.05, 0.1) is 12.2 Å². The fourth-order valence-electron chi connectivity index (χ4n) is 2.97. The first-order chi connectivity index (χ1) is 16.8. The number of carbonyl (C=O) groups is 1. The zero-order valence-corrected chi connectivity index (χ0v) is 18.8. The summed E-state index contributed by atoms with van der Waals surface area (Å²) in [7, 11) is 0. The summed E-state index contributed by atoms with van der Waals surface area (Å²) in [5.41, 5.74) is 0.0716. The maximum absolute atomic E-state index is 14.1. The molecule has 0 saturated heterocycles. The van der Waals surface area contributed by atoms with Gasteiger partial charge in [0.1, 0.15) is 11.3 Å². The van der Waals surface area contributed by atoms with Gasteiger partial charge in [-0.25, -0.2) is 37.0 Å². The van der Waals surface area contributed by atoms with Gasteiger partial charge in [-0.05, 0) is 18.6 Å². The summed E-state index contributed by atoms with van der Waals surface area (Å²) in [6, 6.07) is 1.40. The van der Waals surface area contributed by atoms with Crippen molar-refractivity contribution in [3.8, 4) is 5.75 Å². The second kappa shape index (κ2) is 10.7. The Kier molecular flexibility index (Phi) is 8.36. The number of hydrogen-bond acceptors (Lipinski definition) is 7. The first-order valence-electron chi connectivity index (χ1n) is 9.96. The van der Waals surface area contributed by atoms with Gasteiger partial charge in [-0.15, -0.1) is 0 Å². The number of nitrogens with zero attached hydrogens (tertiary/aromatic N) is 1. The van der Waals surface area contributed by atoms with Crippen LogP contribution in [0.4, 0.5) is 30.7 Å². The van der Waals surface area contributed by atoms with Crippen LogP contribution in [0.2, 0.25) is 0 Å². The second-order valence-corrected chi connectivity index (χ2v) is 6.89. The van der Waals surface area contributed by atoms with Gasteiger partial charge in [-0.2, -0.15) is 4.39 Å². The van der Waals surface area contributed by atoms with E-state index < -0.39 is 87.0 Å². The van der Waals surface area contributed by atoms with Gasteiger partial charge in [-0.3, -0.25) is 4.79 Å². The quantitative estimate of drug-likeness (QED) is 0.0671. The number of nitrogens with two attached hydrogens (primary N) is 2. The molecule has 1 heterocycles. The minimum absolute atomic E-state index is 0.192. The van der Waals surface area contributed by atoms with Gasteiger partial charge >= 0.3 is 5.63 Å². The number of halogens is 7. The van der Waals surface area contributed by atoms with Crippen LogP contribution in [0.5, 0.6) is 5.75 Å². The number of hydrogen-bond donors (Lipinski definition) is 3. The van der Waals surface area contributed by atoms with Crippen molar-refractivity contribution in [2.75, 3.05) is 0 Å². The van der Waals surface area contributed by atoms with Crippen LogP contribution in [-0.4, -0.2) is 15.9 Å². The molecule has 0 radical (unpaired) electrons. The van der Waals surface area contributed by atoms with Crippen LogP contribution >= 0.6 is 0 Å². The van der Waals surface area contributed by atoms with Crippen LogP contribution in [0.25, 0.3) is 11.0 Å². The molecule has 14 heteroatoms. The summed E-state index contributed by atoms with van der Waals surface area (Å²) in [5, 5.41) is 9.61. The lowest BCUT2D eigenvalue weighted by Gasteiger charge is -2.22. The number of phenolic OH excluding ortho intramolecular Hbond substituents is 1. The predicted molar refractivity (Wildman–Crippen MR) is 113 cm³/mol. The molecule has 3 rings (SSSR count). The Bertz CT molecular complexity index is 1430. The average molecular weight is 521 g/mol. The zero-order chi connectivity index (χ0) is 27.6. The molecule has 7 nitrogen and oxygen atoms in total. The van der Waals surface area contributed by atoms with E-state index in [9.17, 15) is 45.4 Å². The number of aromatic hydroxyl groups is 1. The maximum Gasteiger partial charge on any atom is 0.336 e. The summed E-state index contributed by atoms with van der Waals surface area (Å²) in [6.45, 7) is 4.42. The van der Waals surface area contributed by atoms with E-state index in [1.807, 2.05) is 13.8 Å². The lowest BCUT2D eigenvalue weighted by molar-refractivity contribution is 0.101. The van der Waals surface area contributed by atoms with Crippen molar-refractivity contribution < 1.29 is 45.1 Å². The number of fused-ring (bicyclic) bond motifs is 1. The highest BCUT2D eigenvalue weighted by Gasteiger charge is 2.31. The SMILES string of the molecule is C/C(=C(/N)C(=O)c1c(F)c(F)c(F)c(F)c1F)N(N)Cc1cc(=O)oc2c(F)c(O)c(F)cc12.CC. The largest absolute Gasteiger partial charge is 0.503 e. The molecule has 0 unspecified atom stereocenters. The van der Waals surface area contributed by atoms with Gasteiger partial charge in [0.2, 0.25) is 17.4 Å². The molecule has 0 fully saturated rings. The first kappa shape index (κ1) is 28.2. The van der Waals surface area contributed by atoms with Gasteiger partial charge < -0.3 is 20.3 Å². The summed E-state index contributed by atoms with van der Waals surface area (Å²) in [6.07, 6.45) is 0. The first-order valence-corrected chi connectivity index (χ1v) is 9.96. The Balaban J connectivity index is 0.00000222. The van der Waals surface area contributed by atoms with E-state index >= 15 is 0 Å². The highest BCUT2D eigenvalue weighted by molar-refractivity contribution is 6.08. The third kappa shape index (κ3) is 4.84. The monoisotopic (exact) mass is 521 g/mol. The molecule has 0 bridgehead atoms. The third-order valence-corrected chi connectivity index (χ3v) is 4.83. The van der Waals surface area contributed by atoms with E-state index in [1.165, 1.54) is 0 Å². The summed E-state index contributed by atoms with van der Waals surface area (Å²) >= 11 is 0. The fourth-order valence-corrected chi connectivity index (χ4v) is 2.97. The van der Waals surface area contributed by atoms with Crippen molar-refractivity contribution in [1.82, 2.24) is 5.01 Å². The number of hydrazine groups is 1. The molecular weight excluding hydrogens is 503 g/mol. The molecule has 0 spiro atoms. The van der Waals surface area contributed by atoms with E-state index in [-0.39, 0.29) is 10.9 Å². The van der Waals surface area contributed by atoms with E-state index in [4.69, 9.17) is 11.6 Å². The van der Waals surface area contributed by atoms with Crippen molar-refractivity contribution in [2.45, 2.75) is 27.3 Å². The Morgan fingerprint density at radius 2 is 1.44 bits per heavy atom. The molecule has 5 N–H and O–H groups in total. The van der Waals surface area contributed by atoms with Crippen molar-refractivity contribution in [2.24, 2.45) is 11.6 Å². The van der Waals surface area contributed by atoms with E-state index in [0.717, 1.165) is 13.0 Å². The number of benzene rings is 2. The lowest BCUT2D eigenvalue weighted by Crippen LogP contribution is -2.33. The standard InChI is InChI=1S/C20H12F7N3O4.C2H6/c1-5(17(28)19(33)10-11(22)13(24)15(26)14(25)12(10)23)30(29)4-6-2-9(31)34-20-7(6)3-8(21)18(32)16(20)27;1-2/h2-3,32H,4,28-29H2,1H3;1-2H3/b17-5-;. The Morgan fingerprint density at radius 1 is 0.944 bits per heavy atom. The average Bonchev–Trinajstić information content (AvgIpc) is 2.85. The van der Waals surface area contributed by atoms with Crippen LogP contribution in [0.3, 0.4) is 0 Å². The van der Waals surface area contributed by atoms with E-state index in [1.54, 1.807) is 0 Å². The number of rotatable bonds is 5. The number of allylic oxidation sites excluding steroid dienone is 2. The van der Waals surface area contributed by atoms with E-state index in [2.05, 4.69) is 4.42 Å². The fraction of sp³-hybridized carbons (Fsp3) is 0.182. The number of ketones is 1. The van der Waals surface area contributed by atoms with Gasteiger partial charge in [0.15, 0.2) is 40.4 Å². The highest BCUT2D eigenvalue weighted by Crippen LogP contribution is 2.30. The van der Waals surface area contributed by atoms with Crippen LogP contribution in [-0.2, 0) is 6.54 Å². The predicted octanol–water partition coefficient (Wildman–Crippen LogP) is 4.25. The van der Waals surface area contributed by atoms with Crippen LogP contribution in [0, 0.1) is 40.7 Å². The molecule has 0 atom stereocenters. The smallest absolute Gasteiger partial charge is 0.336 e. The highest BCUT2D eigenvalue weighted by atomic mass is 19.2. The molecule has 194 valence electrons. The molecular formula is C22H18F7N3O4. The number of phenols is 1. The maximum atomic E-state index is 14.1. The van der Waals surface area contributed by atoms with Crippen LogP contribution in [0.15, 0.2) is 32.7 Å². The molecule has 0 aliphatic heterocycles. The summed E-state index contributed by atoms with van der Waals surface area (Å²) in [4.78, 5) is 24.2. The normalized spacial score (nSPS) is 11.6. The molecule has 1 aromatic heterocycles. The van der Waals surface area contributed by atoms with Crippen molar-refractivity contribution in [3.63, 3.8) is 0 Å². The van der Waals surface area contributed by atoms with Crippen molar-refractivity contribution in [1.29, 1.82) is 0 Å². The number of Topliss-reactive ketones (excluding diaryl/α,β-unsaturated/α-hetero) is 1. The Hall–Kier alpha value is -4.07. The molecule has 0 aliphatic rings. The number of carbonyl (C=O) groups excluding carboxylic acids is 1. The van der Waals surface area contributed by atoms with E-state index in [0.29, 0.717) is 11.1 Å². The zero-order valence-electron chi connectivity index (χ0n) is 18.8. The minimum Gasteiger partial charge on any atom is -0.503 e. The molecule has 0 amide bonds. The van der Waals surface area contributed by atoms with Crippen molar-refractivity contribution in [3.05, 3.63) is 85.8 Å². The summed E-state index contributed by atoms with van der Waals surface area (Å²) in [5.74, 6) is -12.5. The van der Waals surface area contributed by atoms with Gasteiger partial charge in [0, 0.05) is 11.5 Å². The molecule has 0 saturated carbocycles. The third-order valence-electron chi connectivity index (χ3n) is 4.83. The topological polar surface area (TPSA) is 123 Å². The minimum atomic E-state index is -2.48. The van der Waals surface area contributed by atoms with Crippen molar-refractivity contribution >= 4 is 16.8 Å². The molecule has 3 aromatic rings. The molecule has 2 aromatic carbocycles. The molecule has 36 heavy (non-hydrogen) atoms. The van der Waals surface area contributed by atoms with Gasteiger partial charge in [0.25, 0.3) is 0 Å². The Labute approximate surface area is 198 Å². The van der Waals surface area contributed by atoms with Crippen LogP contribution < -0.4 is 17.2 Å². The lowest BCUT2D eigenvalue weighted by atomic mass is 10.0. The summed E-state index contributed by atoms with van der Waals surface area (Å²) < 4.78 is 100.